The second kappa shape index (κ2) is 6.67. The molecule has 0 amide bonds. The number of aromatic nitrogens is 1. The highest BCUT2D eigenvalue weighted by Gasteiger charge is 2.27. The van der Waals surface area contributed by atoms with Gasteiger partial charge in [0, 0.05) is 32.1 Å². The molecule has 0 saturated heterocycles. The van der Waals surface area contributed by atoms with Crippen LogP contribution in [0.2, 0.25) is 0 Å². The largest absolute Gasteiger partial charge is 0.493 e. The van der Waals surface area contributed by atoms with Crippen LogP contribution in [0.15, 0.2) is 39.3 Å². The molecule has 0 aliphatic carbocycles. The van der Waals surface area contributed by atoms with Crippen LogP contribution < -0.4 is 14.8 Å². The van der Waals surface area contributed by atoms with Gasteiger partial charge < -0.3 is 19.8 Å². The summed E-state index contributed by atoms with van der Waals surface area (Å²) in [6, 6.07) is 10.5. The number of hydrogen-bond acceptors (Lipinski definition) is 3. The highest BCUT2D eigenvalue weighted by molar-refractivity contribution is 9.10. The van der Waals surface area contributed by atoms with Gasteiger partial charge in [0.2, 0.25) is 0 Å². The summed E-state index contributed by atoms with van der Waals surface area (Å²) in [6.07, 6.45) is 1.01. The van der Waals surface area contributed by atoms with Gasteiger partial charge in [0.25, 0.3) is 0 Å². The van der Waals surface area contributed by atoms with Gasteiger partial charge in [-0.15, -0.1) is 0 Å². The molecule has 0 bridgehead atoms. The average molecular weight is 466 g/mol. The molecule has 1 aromatic heterocycles. The van der Waals surface area contributed by atoms with E-state index >= 15 is 0 Å². The van der Waals surface area contributed by atoms with Crippen LogP contribution in [-0.4, -0.2) is 25.7 Å². The molecule has 0 fully saturated rings. The van der Waals surface area contributed by atoms with Crippen LogP contribution in [0.1, 0.15) is 22.9 Å². The smallest absolute Gasteiger partial charge is 0.161 e. The number of methoxy groups -OCH3 is 2. The number of rotatable bonds is 3. The van der Waals surface area contributed by atoms with Gasteiger partial charge in [-0.1, -0.05) is 31.9 Å². The summed E-state index contributed by atoms with van der Waals surface area (Å²) in [5, 5.41) is 4.91. The Bertz CT molecular complexity index is 952. The normalized spacial score (nSPS) is 16.7. The molecule has 2 N–H and O–H groups in total. The van der Waals surface area contributed by atoms with Crippen LogP contribution in [0.3, 0.4) is 0 Å². The van der Waals surface area contributed by atoms with E-state index in [1.165, 1.54) is 22.2 Å². The van der Waals surface area contributed by atoms with Crippen molar-refractivity contribution in [1.29, 1.82) is 0 Å². The number of nitrogens with one attached hydrogen (secondary N) is 2. The predicted molar refractivity (Wildman–Crippen MR) is 107 cm³/mol. The molecule has 130 valence electrons. The Morgan fingerprint density at radius 1 is 1.04 bits per heavy atom. The lowest BCUT2D eigenvalue weighted by molar-refractivity contribution is 0.353. The van der Waals surface area contributed by atoms with Gasteiger partial charge in [0.05, 0.1) is 20.3 Å². The van der Waals surface area contributed by atoms with Crippen LogP contribution in [0.25, 0.3) is 10.9 Å². The molecule has 1 unspecified atom stereocenters. The van der Waals surface area contributed by atoms with Crippen molar-refractivity contribution in [3.63, 3.8) is 0 Å². The maximum absolute atomic E-state index is 5.50. The number of benzene rings is 2. The number of hydrogen-bond donors (Lipinski definition) is 2. The van der Waals surface area contributed by atoms with Crippen molar-refractivity contribution in [2.24, 2.45) is 0 Å². The summed E-state index contributed by atoms with van der Waals surface area (Å²) in [6.45, 7) is 0.928. The molecule has 0 radical (unpaired) electrons. The van der Waals surface area contributed by atoms with Crippen LogP contribution in [-0.2, 0) is 6.42 Å². The molecule has 0 spiro atoms. The fourth-order valence-corrected chi connectivity index (χ4v) is 4.47. The lowest BCUT2D eigenvalue weighted by Crippen LogP contribution is -2.30. The number of aromatic amines is 1. The highest BCUT2D eigenvalue weighted by atomic mass is 79.9. The van der Waals surface area contributed by atoms with Crippen molar-refractivity contribution < 1.29 is 9.47 Å². The fourth-order valence-electron chi connectivity index (χ4n) is 3.56. The van der Waals surface area contributed by atoms with Crippen molar-refractivity contribution in [2.45, 2.75) is 12.5 Å². The summed E-state index contributed by atoms with van der Waals surface area (Å²) in [4.78, 5) is 3.61. The second-order valence-corrected chi connectivity index (χ2v) is 7.84. The van der Waals surface area contributed by atoms with Gasteiger partial charge in [-0.05, 0) is 47.9 Å². The van der Waals surface area contributed by atoms with Gasteiger partial charge in [-0.25, -0.2) is 0 Å². The summed E-state index contributed by atoms with van der Waals surface area (Å²) in [5.41, 5.74) is 4.89. The molecule has 1 aliphatic rings. The van der Waals surface area contributed by atoms with Gasteiger partial charge in [-0.3, -0.25) is 0 Å². The van der Waals surface area contributed by atoms with E-state index in [-0.39, 0.29) is 6.04 Å². The Morgan fingerprint density at radius 2 is 1.80 bits per heavy atom. The van der Waals surface area contributed by atoms with Crippen molar-refractivity contribution in [2.75, 3.05) is 20.8 Å². The van der Waals surface area contributed by atoms with Crippen LogP contribution >= 0.6 is 31.9 Å². The zero-order valence-corrected chi connectivity index (χ0v) is 17.1. The van der Waals surface area contributed by atoms with Gasteiger partial charge in [-0.2, -0.15) is 0 Å². The molecule has 25 heavy (non-hydrogen) atoms. The molecule has 0 saturated carbocycles. The molecule has 1 aliphatic heterocycles. The predicted octanol–water partition coefficient (Wildman–Crippen LogP) is 4.95. The van der Waals surface area contributed by atoms with E-state index < -0.39 is 0 Å². The summed E-state index contributed by atoms with van der Waals surface area (Å²) in [5.74, 6) is 1.45. The number of ether oxygens (including phenoxy) is 2. The SMILES string of the molecule is COc1cc(Br)c(C2NCCc3c2[nH]c2ccc(Br)cc32)cc1OC. The topological polar surface area (TPSA) is 46.3 Å². The zero-order valence-electron chi connectivity index (χ0n) is 14.0. The van der Waals surface area contributed by atoms with Crippen LogP contribution in [0, 0.1) is 0 Å². The summed E-state index contributed by atoms with van der Waals surface area (Å²) < 4.78 is 13.0. The molecule has 3 aromatic rings. The minimum atomic E-state index is 0.0732. The molecule has 2 aromatic carbocycles. The molecule has 4 nitrogen and oxygen atoms in total. The van der Waals surface area contributed by atoms with E-state index in [1.807, 2.05) is 12.1 Å². The Kier molecular flexibility index (Phi) is 4.52. The third-order valence-corrected chi connectivity index (χ3v) is 5.91. The van der Waals surface area contributed by atoms with Gasteiger partial charge in [0.15, 0.2) is 11.5 Å². The van der Waals surface area contributed by atoms with Crippen molar-refractivity contribution in [1.82, 2.24) is 10.3 Å². The molecule has 2 heterocycles. The van der Waals surface area contributed by atoms with E-state index in [9.17, 15) is 0 Å². The third kappa shape index (κ3) is 2.86. The highest BCUT2D eigenvalue weighted by Crippen LogP contribution is 2.41. The maximum Gasteiger partial charge on any atom is 0.161 e. The first kappa shape index (κ1) is 16.9. The number of fused-ring (bicyclic) bond motifs is 3. The van der Waals surface area contributed by atoms with Gasteiger partial charge >= 0.3 is 0 Å². The molecule has 6 heteroatoms. The third-order valence-electron chi connectivity index (χ3n) is 4.73. The lowest BCUT2D eigenvalue weighted by atomic mass is 9.94. The minimum Gasteiger partial charge on any atom is -0.493 e. The van der Waals surface area contributed by atoms with E-state index in [0.29, 0.717) is 0 Å². The van der Waals surface area contributed by atoms with Crippen molar-refractivity contribution >= 4 is 42.8 Å². The van der Waals surface area contributed by atoms with E-state index in [4.69, 9.17) is 9.47 Å². The maximum atomic E-state index is 5.50. The Morgan fingerprint density at radius 3 is 2.56 bits per heavy atom. The van der Waals surface area contributed by atoms with Crippen molar-refractivity contribution in [3.8, 4) is 11.5 Å². The van der Waals surface area contributed by atoms with Crippen LogP contribution in [0.5, 0.6) is 11.5 Å². The minimum absolute atomic E-state index is 0.0732. The monoisotopic (exact) mass is 464 g/mol. The molecular formula is C19H18Br2N2O2. The fraction of sp³-hybridized carbons (Fsp3) is 0.263. The molecule has 4 rings (SSSR count). The standard InChI is InChI=1S/C19H18Br2N2O2/c1-24-16-8-13(14(21)9-17(16)25-2)18-19-11(5-6-22-18)12-7-10(20)3-4-15(12)23-19/h3-4,7-9,18,22-23H,5-6H2,1-2H3. The lowest BCUT2D eigenvalue weighted by Gasteiger charge is -2.26. The average Bonchev–Trinajstić information content (AvgIpc) is 2.99. The van der Waals surface area contributed by atoms with Gasteiger partial charge in [0.1, 0.15) is 0 Å². The molecular weight excluding hydrogens is 448 g/mol. The number of halogens is 2. The van der Waals surface area contributed by atoms with E-state index in [2.05, 4.69) is 60.4 Å². The first-order valence-electron chi connectivity index (χ1n) is 8.07. The Balaban J connectivity index is 1.88. The Labute approximate surface area is 163 Å². The first-order valence-corrected chi connectivity index (χ1v) is 9.65. The summed E-state index contributed by atoms with van der Waals surface area (Å²) in [7, 11) is 3.31. The number of H-pyrrole nitrogens is 1. The second-order valence-electron chi connectivity index (χ2n) is 6.07. The quantitative estimate of drug-likeness (QED) is 0.575. The van der Waals surface area contributed by atoms with E-state index in [0.717, 1.165) is 39.0 Å². The van der Waals surface area contributed by atoms with Crippen LogP contribution in [0.4, 0.5) is 0 Å². The zero-order chi connectivity index (χ0) is 17.6. The first-order chi connectivity index (χ1) is 12.1. The summed E-state index contributed by atoms with van der Waals surface area (Å²) >= 11 is 7.28. The Hall–Kier alpha value is -1.50. The van der Waals surface area contributed by atoms with E-state index in [1.54, 1.807) is 14.2 Å². The molecule has 1 atom stereocenters. The van der Waals surface area contributed by atoms with Crippen molar-refractivity contribution in [3.05, 3.63) is 56.1 Å².